The standard InChI is InChI=1S/C10H6ClF5O2/c11-7-1-6(4-17)2-8(3-7)18-5-9(12,13)10(14,15)16/h1-4H,5H2. The maximum Gasteiger partial charge on any atom is 0.456 e. The van der Waals surface area contributed by atoms with Crippen molar-refractivity contribution in [1.82, 2.24) is 0 Å². The molecule has 18 heavy (non-hydrogen) atoms. The van der Waals surface area contributed by atoms with Crippen molar-refractivity contribution in [2.24, 2.45) is 0 Å². The van der Waals surface area contributed by atoms with Crippen LogP contribution < -0.4 is 4.74 Å². The minimum Gasteiger partial charge on any atom is -0.487 e. The van der Waals surface area contributed by atoms with Crippen molar-refractivity contribution >= 4 is 17.9 Å². The average molecular weight is 289 g/mol. The Balaban J connectivity index is 2.81. The van der Waals surface area contributed by atoms with Crippen LogP contribution in [0.25, 0.3) is 0 Å². The minimum absolute atomic E-state index is 0.00725. The van der Waals surface area contributed by atoms with Gasteiger partial charge in [0.2, 0.25) is 0 Å². The number of carbonyl (C=O) groups excluding carboxylic acids is 1. The van der Waals surface area contributed by atoms with Gasteiger partial charge < -0.3 is 4.74 Å². The van der Waals surface area contributed by atoms with Gasteiger partial charge in [-0.1, -0.05) is 11.6 Å². The topological polar surface area (TPSA) is 26.3 Å². The highest BCUT2D eigenvalue weighted by molar-refractivity contribution is 6.31. The Kier molecular flexibility index (Phi) is 4.16. The average Bonchev–Trinajstić information content (AvgIpc) is 2.24. The van der Waals surface area contributed by atoms with E-state index in [1.54, 1.807) is 0 Å². The Bertz CT molecular complexity index is 444. The van der Waals surface area contributed by atoms with Crippen LogP contribution in [0, 0.1) is 0 Å². The lowest BCUT2D eigenvalue weighted by Crippen LogP contribution is -2.41. The molecular formula is C10H6ClF5O2. The monoisotopic (exact) mass is 288 g/mol. The molecule has 0 amide bonds. The second-order valence-electron chi connectivity index (χ2n) is 3.33. The Morgan fingerprint density at radius 2 is 1.78 bits per heavy atom. The van der Waals surface area contributed by atoms with Crippen LogP contribution >= 0.6 is 11.6 Å². The molecule has 1 aromatic rings. The molecular weight excluding hydrogens is 283 g/mol. The van der Waals surface area contributed by atoms with Crippen LogP contribution in [-0.4, -0.2) is 25.0 Å². The number of aldehydes is 1. The van der Waals surface area contributed by atoms with Crippen molar-refractivity contribution in [3.8, 4) is 5.75 Å². The van der Waals surface area contributed by atoms with Gasteiger partial charge in [-0.15, -0.1) is 0 Å². The molecule has 0 aliphatic heterocycles. The molecule has 0 spiro atoms. The smallest absolute Gasteiger partial charge is 0.456 e. The lowest BCUT2D eigenvalue weighted by Gasteiger charge is -2.19. The molecule has 2 nitrogen and oxygen atoms in total. The van der Waals surface area contributed by atoms with Crippen LogP contribution in [0.5, 0.6) is 5.75 Å². The fourth-order valence-corrected chi connectivity index (χ4v) is 1.23. The molecule has 0 heterocycles. The fraction of sp³-hybridized carbons (Fsp3) is 0.300. The summed E-state index contributed by atoms with van der Waals surface area (Å²) in [4.78, 5) is 10.4. The first-order valence-electron chi connectivity index (χ1n) is 4.49. The van der Waals surface area contributed by atoms with Crippen molar-refractivity contribution in [3.63, 3.8) is 0 Å². The zero-order valence-corrected chi connectivity index (χ0v) is 9.36. The molecule has 0 aromatic heterocycles. The molecule has 0 saturated heterocycles. The maximum absolute atomic E-state index is 12.5. The third kappa shape index (κ3) is 3.56. The molecule has 0 fully saturated rings. The first-order valence-corrected chi connectivity index (χ1v) is 4.86. The van der Waals surface area contributed by atoms with E-state index in [-0.39, 0.29) is 16.3 Å². The summed E-state index contributed by atoms with van der Waals surface area (Å²) in [7, 11) is 0. The Morgan fingerprint density at radius 3 is 2.28 bits per heavy atom. The number of benzene rings is 1. The van der Waals surface area contributed by atoms with Gasteiger partial charge in [-0.05, 0) is 18.2 Å². The minimum atomic E-state index is -5.70. The zero-order chi connectivity index (χ0) is 14.0. The predicted molar refractivity (Wildman–Crippen MR) is 53.3 cm³/mol. The van der Waals surface area contributed by atoms with Crippen molar-refractivity contribution in [2.75, 3.05) is 6.61 Å². The van der Waals surface area contributed by atoms with E-state index in [1.807, 2.05) is 0 Å². The third-order valence-corrected chi connectivity index (χ3v) is 2.08. The van der Waals surface area contributed by atoms with Crippen molar-refractivity contribution < 1.29 is 31.5 Å². The number of alkyl halides is 5. The van der Waals surface area contributed by atoms with Crippen LogP contribution in [-0.2, 0) is 0 Å². The van der Waals surface area contributed by atoms with E-state index in [0.29, 0.717) is 6.29 Å². The number of ether oxygens (including phenoxy) is 1. The van der Waals surface area contributed by atoms with Crippen molar-refractivity contribution in [1.29, 1.82) is 0 Å². The van der Waals surface area contributed by atoms with Gasteiger partial charge >= 0.3 is 12.1 Å². The maximum atomic E-state index is 12.5. The van der Waals surface area contributed by atoms with Crippen LogP contribution in [0.1, 0.15) is 10.4 Å². The van der Waals surface area contributed by atoms with Crippen molar-refractivity contribution in [3.05, 3.63) is 28.8 Å². The molecule has 1 aromatic carbocycles. The SMILES string of the molecule is O=Cc1cc(Cl)cc(OCC(F)(F)C(F)(F)F)c1. The van der Waals surface area contributed by atoms with Gasteiger partial charge in [0.1, 0.15) is 12.0 Å². The second kappa shape index (κ2) is 5.09. The quantitative estimate of drug-likeness (QED) is 0.623. The molecule has 1 rings (SSSR count). The number of hydrogen-bond donors (Lipinski definition) is 0. The Labute approximate surface area is 103 Å². The van der Waals surface area contributed by atoms with E-state index in [4.69, 9.17) is 11.6 Å². The largest absolute Gasteiger partial charge is 0.487 e. The van der Waals surface area contributed by atoms with E-state index in [9.17, 15) is 26.7 Å². The zero-order valence-electron chi connectivity index (χ0n) is 8.60. The summed E-state index contributed by atoms with van der Waals surface area (Å²) >= 11 is 5.52. The Hall–Kier alpha value is -1.37. The summed E-state index contributed by atoms with van der Waals surface area (Å²) in [5.41, 5.74) is 0.00725. The highest BCUT2D eigenvalue weighted by Gasteiger charge is 2.58. The molecule has 0 atom stereocenters. The summed E-state index contributed by atoms with van der Waals surface area (Å²) in [6.07, 6.45) is -5.33. The summed E-state index contributed by atoms with van der Waals surface area (Å²) in [6, 6.07) is 3.25. The van der Waals surface area contributed by atoms with E-state index >= 15 is 0 Å². The van der Waals surface area contributed by atoms with E-state index in [0.717, 1.165) is 12.1 Å². The van der Waals surface area contributed by atoms with Gasteiger partial charge in [0.25, 0.3) is 0 Å². The number of carbonyl (C=O) groups is 1. The fourth-order valence-electron chi connectivity index (χ4n) is 0.992. The first-order chi connectivity index (χ1) is 8.15. The van der Waals surface area contributed by atoms with Crippen LogP contribution in [0.15, 0.2) is 18.2 Å². The molecule has 100 valence electrons. The van der Waals surface area contributed by atoms with Gasteiger partial charge in [-0.2, -0.15) is 22.0 Å². The number of rotatable bonds is 4. The third-order valence-electron chi connectivity index (χ3n) is 1.86. The van der Waals surface area contributed by atoms with Crippen molar-refractivity contribution in [2.45, 2.75) is 12.1 Å². The second-order valence-corrected chi connectivity index (χ2v) is 3.77. The summed E-state index contributed by atoms with van der Waals surface area (Å²) in [5, 5.41) is -0.00933. The molecule has 8 heteroatoms. The normalized spacial score (nSPS) is 12.3. The summed E-state index contributed by atoms with van der Waals surface area (Å²) in [6.45, 7) is -1.88. The van der Waals surface area contributed by atoms with Gasteiger partial charge in [-0.3, -0.25) is 4.79 Å². The van der Waals surface area contributed by atoms with Crippen LogP contribution in [0.3, 0.4) is 0 Å². The summed E-state index contributed by atoms with van der Waals surface area (Å²) in [5.74, 6) is -5.31. The summed E-state index contributed by atoms with van der Waals surface area (Å²) < 4.78 is 64.9. The Morgan fingerprint density at radius 1 is 1.17 bits per heavy atom. The highest BCUT2D eigenvalue weighted by atomic mass is 35.5. The number of hydrogen-bond acceptors (Lipinski definition) is 2. The van der Waals surface area contributed by atoms with Crippen LogP contribution in [0.2, 0.25) is 5.02 Å². The van der Waals surface area contributed by atoms with Gasteiger partial charge in [0.15, 0.2) is 6.61 Å². The number of halogens is 6. The van der Waals surface area contributed by atoms with Gasteiger partial charge in [0.05, 0.1) is 0 Å². The molecule has 0 bridgehead atoms. The van der Waals surface area contributed by atoms with E-state index in [1.165, 1.54) is 6.07 Å². The first kappa shape index (κ1) is 14.7. The lowest BCUT2D eigenvalue weighted by molar-refractivity contribution is -0.290. The molecule has 0 aliphatic rings. The molecule has 0 unspecified atom stereocenters. The van der Waals surface area contributed by atoms with E-state index in [2.05, 4.69) is 4.74 Å². The molecule has 0 aliphatic carbocycles. The van der Waals surface area contributed by atoms with Gasteiger partial charge in [0, 0.05) is 10.6 Å². The predicted octanol–water partition coefficient (Wildman–Crippen LogP) is 3.73. The molecule has 0 radical (unpaired) electrons. The van der Waals surface area contributed by atoms with Crippen LogP contribution in [0.4, 0.5) is 22.0 Å². The van der Waals surface area contributed by atoms with E-state index < -0.39 is 18.7 Å². The highest BCUT2D eigenvalue weighted by Crippen LogP contribution is 2.36. The molecule has 0 N–H and O–H groups in total. The van der Waals surface area contributed by atoms with Gasteiger partial charge in [-0.25, -0.2) is 0 Å². The lowest BCUT2D eigenvalue weighted by atomic mass is 10.2. The molecule has 0 saturated carbocycles.